The Labute approximate surface area is 199 Å². The summed E-state index contributed by atoms with van der Waals surface area (Å²) in [4.78, 5) is 36.7. The van der Waals surface area contributed by atoms with Crippen LogP contribution in [0.2, 0.25) is 0 Å². The molecule has 1 fully saturated rings. The van der Waals surface area contributed by atoms with E-state index in [0.29, 0.717) is 19.3 Å². The molecule has 0 aromatic heterocycles. The minimum absolute atomic E-state index is 0.00870. The van der Waals surface area contributed by atoms with Gasteiger partial charge >= 0.3 is 12.1 Å². The van der Waals surface area contributed by atoms with Crippen LogP contribution in [0.15, 0.2) is 48.5 Å². The molecular formula is C27H32N2O5. The van der Waals surface area contributed by atoms with Gasteiger partial charge in [0.05, 0.1) is 0 Å². The van der Waals surface area contributed by atoms with Crippen LogP contribution >= 0.6 is 0 Å². The Morgan fingerprint density at radius 3 is 2.15 bits per heavy atom. The number of carbonyl (C=O) groups excluding carboxylic acids is 2. The third kappa shape index (κ3) is 4.93. The fourth-order valence-electron chi connectivity index (χ4n) is 5.07. The van der Waals surface area contributed by atoms with E-state index < -0.39 is 23.5 Å². The predicted octanol–water partition coefficient (Wildman–Crippen LogP) is 4.31. The topological polar surface area (TPSA) is 105 Å². The molecule has 3 N–H and O–H groups in total. The number of nitrogens with one attached hydrogen (secondary N) is 2. The first kappa shape index (κ1) is 23.8. The summed E-state index contributed by atoms with van der Waals surface area (Å²) in [5.74, 6) is -1.67. The molecule has 0 spiro atoms. The molecule has 0 radical (unpaired) electrons. The van der Waals surface area contributed by atoms with Gasteiger partial charge in [-0.1, -0.05) is 69.3 Å². The number of ether oxygens (including phenoxy) is 1. The molecule has 2 amide bonds. The number of fused-ring (bicyclic) bond motifs is 3. The van der Waals surface area contributed by atoms with Crippen molar-refractivity contribution in [2.75, 3.05) is 6.61 Å². The molecule has 0 saturated heterocycles. The third-order valence-electron chi connectivity index (χ3n) is 6.87. The highest BCUT2D eigenvalue weighted by atomic mass is 16.5. The number of carboxylic acids is 1. The van der Waals surface area contributed by atoms with E-state index in [0.717, 1.165) is 11.1 Å². The van der Waals surface area contributed by atoms with Gasteiger partial charge in [0, 0.05) is 17.9 Å². The normalized spacial score (nSPS) is 20.2. The zero-order valence-corrected chi connectivity index (χ0v) is 19.8. The van der Waals surface area contributed by atoms with E-state index in [9.17, 15) is 19.5 Å². The van der Waals surface area contributed by atoms with Crippen LogP contribution in [-0.2, 0) is 14.3 Å². The lowest BCUT2D eigenvalue weighted by Gasteiger charge is -2.28. The van der Waals surface area contributed by atoms with E-state index in [2.05, 4.69) is 34.9 Å². The van der Waals surface area contributed by atoms with E-state index in [1.54, 1.807) is 20.8 Å². The molecule has 1 saturated carbocycles. The van der Waals surface area contributed by atoms with Gasteiger partial charge in [-0.25, -0.2) is 9.59 Å². The van der Waals surface area contributed by atoms with E-state index in [4.69, 9.17) is 4.74 Å². The van der Waals surface area contributed by atoms with Gasteiger partial charge in [-0.15, -0.1) is 0 Å². The first-order valence-corrected chi connectivity index (χ1v) is 11.8. The Kier molecular flexibility index (Phi) is 6.64. The Morgan fingerprint density at radius 1 is 1.00 bits per heavy atom. The van der Waals surface area contributed by atoms with Crippen molar-refractivity contribution in [2.45, 2.75) is 58.0 Å². The van der Waals surface area contributed by atoms with Gasteiger partial charge < -0.3 is 20.5 Å². The van der Waals surface area contributed by atoms with E-state index in [1.165, 1.54) is 11.1 Å². The van der Waals surface area contributed by atoms with Gasteiger partial charge in [-0.2, -0.15) is 0 Å². The lowest BCUT2D eigenvalue weighted by Crippen LogP contribution is -2.50. The molecule has 7 nitrogen and oxygen atoms in total. The fraction of sp³-hybridized carbons (Fsp3) is 0.444. The minimum atomic E-state index is -1.05. The molecule has 0 aliphatic heterocycles. The second-order valence-electron chi connectivity index (χ2n) is 10.3. The van der Waals surface area contributed by atoms with Gasteiger partial charge in [-0.05, 0) is 46.9 Å². The largest absolute Gasteiger partial charge is 0.480 e. The highest BCUT2D eigenvalue weighted by Crippen LogP contribution is 2.44. The quantitative estimate of drug-likeness (QED) is 0.591. The van der Waals surface area contributed by atoms with Crippen molar-refractivity contribution in [3.05, 3.63) is 59.7 Å². The number of carbonyl (C=O) groups is 3. The van der Waals surface area contributed by atoms with Gasteiger partial charge in [0.2, 0.25) is 5.91 Å². The molecule has 4 rings (SSSR count). The summed E-state index contributed by atoms with van der Waals surface area (Å²) in [6.45, 7) is 5.58. The van der Waals surface area contributed by atoms with Crippen LogP contribution in [0.4, 0.5) is 4.79 Å². The first-order valence-electron chi connectivity index (χ1n) is 11.8. The Balaban J connectivity index is 1.30. The van der Waals surface area contributed by atoms with Crippen LogP contribution < -0.4 is 10.6 Å². The number of carboxylic acid groups (broad SMARTS) is 1. The molecule has 2 unspecified atom stereocenters. The number of hydrogen-bond acceptors (Lipinski definition) is 4. The molecular weight excluding hydrogens is 432 g/mol. The maximum absolute atomic E-state index is 12.7. The van der Waals surface area contributed by atoms with E-state index in [1.807, 2.05) is 24.3 Å². The Morgan fingerprint density at radius 2 is 1.59 bits per heavy atom. The molecule has 0 heterocycles. The van der Waals surface area contributed by atoms with Gasteiger partial charge in [-0.3, -0.25) is 4.79 Å². The minimum Gasteiger partial charge on any atom is -0.480 e. The number of benzene rings is 2. The van der Waals surface area contributed by atoms with Crippen LogP contribution in [0.5, 0.6) is 0 Å². The molecule has 2 aromatic carbocycles. The number of amides is 2. The van der Waals surface area contributed by atoms with Crippen molar-refractivity contribution in [3.8, 4) is 11.1 Å². The lowest BCUT2D eigenvalue weighted by atomic mass is 9.86. The van der Waals surface area contributed by atoms with Crippen LogP contribution in [-0.4, -0.2) is 41.8 Å². The zero-order chi connectivity index (χ0) is 24.5. The second kappa shape index (κ2) is 9.49. The zero-order valence-electron chi connectivity index (χ0n) is 19.8. The molecule has 3 atom stereocenters. The maximum Gasteiger partial charge on any atom is 0.407 e. The molecule has 0 bridgehead atoms. The maximum atomic E-state index is 12.7. The van der Waals surface area contributed by atoms with E-state index in [-0.39, 0.29) is 30.4 Å². The van der Waals surface area contributed by atoms with Crippen molar-refractivity contribution in [1.82, 2.24) is 10.6 Å². The van der Waals surface area contributed by atoms with Gasteiger partial charge in [0.15, 0.2) is 0 Å². The fourth-order valence-corrected chi connectivity index (χ4v) is 5.07. The van der Waals surface area contributed by atoms with E-state index >= 15 is 0 Å². The standard InChI is InChI=1S/C27H32N2O5/c1-27(2,3)23(25(31)32)29-24(30)16-12-13-17(14-16)28-26(33)34-15-22-20-10-6-4-8-18(20)19-9-5-7-11-21(19)22/h4-11,16-17,22-23H,12-15H2,1-3H3,(H,28,33)(H,29,30)(H,31,32)/t16?,17?,23-/m0/s1. The summed E-state index contributed by atoms with van der Waals surface area (Å²) < 4.78 is 5.61. The van der Waals surface area contributed by atoms with Crippen LogP contribution in [0.3, 0.4) is 0 Å². The molecule has 2 aliphatic carbocycles. The highest BCUT2D eigenvalue weighted by Gasteiger charge is 2.37. The molecule has 2 aliphatic rings. The van der Waals surface area contributed by atoms with Gasteiger partial charge in [0.25, 0.3) is 0 Å². The van der Waals surface area contributed by atoms with Crippen molar-refractivity contribution in [2.24, 2.45) is 11.3 Å². The second-order valence-corrected chi connectivity index (χ2v) is 10.3. The summed E-state index contributed by atoms with van der Waals surface area (Å²) in [6, 6.07) is 15.2. The smallest absolute Gasteiger partial charge is 0.407 e. The average molecular weight is 465 g/mol. The van der Waals surface area contributed by atoms with Crippen molar-refractivity contribution in [1.29, 1.82) is 0 Å². The van der Waals surface area contributed by atoms with Crippen molar-refractivity contribution in [3.63, 3.8) is 0 Å². The van der Waals surface area contributed by atoms with Crippen molar-refractivity contribution >= 4 is 18.0 Å². The first-order chi connectivity index (χ1) is 16.1. The van der Waals surface area contributed by atoms with Crippen molar-refractivity contribution < 1.29 is 24.2 Å². The Bertz CT molecular complexity index is 1040. The summed E-state index contributed by atoms with van der Waals surface area (Å²) in [7, 11) is 0. The SMILES string of the molecule is CC(C)(C)[C@@H](NC(=O)C1CCC(NC(=O)OCC2c3ccccc3-c3ccccc32)C1)C(=O)O. The predicted molar refractivity (Wildman–Crippen MR) is 128 cm³/mol. The molecule has 34 heavy (non-hydrogen) atoms. The molecule has 7 heteroatoms. The number of alkyl carbamates (subject to hydrolysis) is 1. The summed E-state index contributed by atoms with van der Waals surface area (Å²) >= 11 is 0. The summed E-state index contributed by atoms with van der Waals surface area (Å²) in [5, 5.41) is 15.0. The molecule has 180 valence electrons. The number of aliphatic carboxylic acids is 1. The lowest BCUT2D eigenvalue weighted by molar-refractivity contribution is -0.145. The highest BCUT2D eigenvalue weighted by molar-refractivity contribution is 5.86. The van der Waals surface area contributed by atoms with Crippen LogP contribution in [0.1, 0.15) is 57.1 Å². The summed E-state index contributed by atoms with van der Waals surface area (Å²) in [5.41, 5.74) is 4.05. The average Bonchev–Trinajstić information content (AvgIpc) is 3.37. The number of hydrogen-bond donors (Lipinski definition) is 3. The Hall–Kier alpha value is -3.35. The monoisotopic (exact) mass is 464 g/mol. The van der Waals surface area contributed by atoms with Gasteiger partial charge in [0.1, 0.15) is 12.6 Å². The van der Waals surface area contributed by atoms with Crippen LogP contribution in [0.25, 0.3) is 11.1 Å². The number of rotatable bonds is 6. The summed E-state index contributed by atoms with van der Waals surface area (Å²) in [6.07, 6.45) is 1.21. The van der Waals surface area contributed by atoms with Crippen LogP contribution in [0, 0.1) is 11.3 Å². The molecule has 2 aromatic rings. The third-order valence-corrected chi connectivity index (χ3v) is 6.87.